The molecular formula is C16H10Cl2N2O2S. The van der Waals surface area contributed by atoms with Crippen LogP contribution in [-0.4, -0.2) is 12.1 Å². The molecule has 3 rings (SSSR count). The van der Waals surface area contributed by atoms with Gasteiger partial charge in [0.1, 0.15) is 11.5 Å². The molecule has 4 nitrogen and oxygen atoms in total. The molecule has 0 unspecified atom stereocenters. The standard InChI is InChI=1S/C16H10Cl2N2O2S/c17-12-5-3-10(8-13(12)18)14-6-4-11(22-14)9-19-20-16(21)15-2-1-7-23-15/h1-9H,(H,20,21)/b19-9+. The molecule has 0 aliphatic heterocycles. The van der Waals surface area contributed by atoms with E-state index < -0.39 is 0 Å². The number of nitrogens with one attached hydrogen (secondary N) is 1. The highest BCUT2D eigenvalue weighted by Gasteiger charge is 2.07. The molecule has 23 heavy (non-hydrogen) atoms. The third kappa shape index (κ3) is 3.82. The van der Waals surface area contributed by atoms with Crippen LogP contribution in [0.3, 0.4) is 0 Å². The average molecular weight is 365 g/mol. The van der Waals surface area contributed by atoms with Gasteiger partial charge in [-0.15, -0.1) is 11.3 Å². The number of hydrazone groups is 1. The van der Waals surface area contributed by atoms with Crippen molar-refractivity contribution >= 4 is 46.7 Å². The third-order valence-corrected chi connectivity index (χ3v) is 4.54. The fourth-order valence-electron chi connectivity index (χ4n) is 1.84. The van der Waals surface area contributed by atoms with Gasteiger partial charge in [-0.25, -0.2) is 5.43 Å². The summed E-state index contributed by atoms with van der Waals surface area (Å²) in [4.78, 5) is 12.3. The Labute approximate surface area is 146 Å². The first-order chi connectivity index (χ1) is 11.1. The van der Waals surface area contributed by atoms with Crippen molar-refractivity contribution in [2.24, 2.45) is 5.10 Å². The Hall–Kier alpha value is -2.08. The quantitative estimate of drug-likeness (QED) is 0.518. The minimum atomic E-state index is -0.257. The molecule has 2 heterocycles. The minimum absolute atomic E-state index is 0.257. The molecule has 1 aromatic carbocycles. The predicted molar refractivity (Wildman–Crippen MR) is 93.5 cm³/mol. The SMILES string of the molecule is O=C(N/N=C/c1ccc(-c2ccc(Cl)c(Cl)c2)o1)c1cccs1. The van der Waals surface area contributed by atoms with Gasteiger partial charge in [-0.3, -0.25) is 4.79 Å². The summed E-state index contributed by atoms with van der Waals surface area (Å²) in [6, 6.07) is 12.3. The van der Waals surface area contributed by atoms with E-state index in [1.807, 2.05) is 11.4 Å². The van der Waals surface area contributed by atoms with Crippen molar-refractivity contribution in [3.05, 3.63) is 68.5 Å². The normalized spacial score (nSPS) is 11.0. The Morgan fingerprint density at radius 1 is 1.17 bits per heavy atom. The molecule has 116 valence electrons. The number of furan rings is 1. The average Bonchev–Trinajstić information content (AvgIpc) is 3.21. The molecule has 1 N–H and O–H groups in total. The Bertz CT molecular complexity index is 857. The second kappa shape index (κ2) is 7.00. The molecule has 0 saturated carbocycles. The van der Waals surface area contributed by atoms with E-state index in [0.29, 0.717) is 26.4 Å². The summed E-state index contributed by atoms with van der Waals surface area (Å²) in [5.41, 5.74) is 3.25. The zero-order chi connectivity index (χ0) is 16.2. The van der Waals surface area contributed by atoms with Gasteiger partial charge in [-0.2, -0.15) is 5.10 Å². The first kappa shape index (κ1) is 15.8. The van der Waals surface area contributed by atoms with Crippen LogP contribution in [0, 0.1) is 0 Å². The Morgan fingerprint density at radius 2 is 2.04 bits per heavy atom. The van der Waals surface area contributed by atoms with E-state index in [1.165, 1.54) is 17.6 Å². The first-order valence-corrected chi connectivity index (χ1v) is 8.19. The summed E-state index contributed by atoms with van der Waals surface area (Å²) in [5, 5.41) is 6.65. The molecule has 0 fully saturated rings. The lowest BCUT2D eigenvalue weighted by atomic mass is 10.2. The summed E-state index contributed by atoms with van der Waals surface area (Å²) in [6.45, 7) is 0. The van der Waals surface area contributed by atoms with Crippen LogP contribution in [-0.2, 0) is 0 Å². The van der Waals surface area contributed by atoms with Crippen molar-refractivity contribution in [2.45, 2.75) is 0 Å². The van der Waals surface area contributed by atoms with Crippen LogP contribution in [0.2, 0.25) is 10.0 Å². The Morgan fingerprint density at radius 3 is 2.78 bits per heavy atom. The van der Waals surface area contributed by atoms with Gasteiger partial charge >= 0.3 is 0 Å². The molecule has 0 radical (unpaired) electrons. The van der Waals surface area contributed by atoms with Gasteiger partial charge in [-0.1, -0.05) is 29.3 Å². The van der Waals surface area contributed by atoms with E-state index in [4.69, 9.17) is 27.6 Å². The fourth-order valence-corrected chi connectivity index (χ4v) is 2.76. The second-order valence-corrected chi connectivity index (χ2v) is 6.27. The molecule has 0 aliphatic rings. The van der Waals surface area contributed by atoms with Gasteiger partial charge in [0, 0.05) is 5.56 Å². The van der Waals surface area contributed by atoms with Crippen LogP contribution in [0.25, 0.3) is 11.3 Å². The molecule has 0 spiro atoms. The van der Waals surface area contributed by atoms with Crippen molar-refractivity contribution in [3.63, 3.8) is 0 Å². The van der Waals surface area contributed by atoms with Crippen LogP contribution < -0.4 is 5.43 Å². The number of nitrogens with zero attached hydrogens (tertiary/aromatic N) is 1. The van der Waals surface area contributed by atoms with E-state index in [-0.39, 0.29) is 5.91 Å². The number of benzene rings is 1. The lowest BCUT2D eigenvalue weighted by Gasteiger charge is -1.99. The smallest absolute Gasteiger partial charge is 0.281 e. The van der Waals surface area contributed by atoms with E-state index >= 15 is 0 Å². The molecule has 2 aromatic heterocycles. The highest BCUT2D eigenvalue weighted by atomic mass is 35.5. The summed E-state index contributed by atoms with van der Waals surface area (Å²) < 4.78 is 5.64. The van der Waals surface area contributed by atoms with Gasteiger partial charge in [-0.05, 0) is 41.8 Å². The highest BCUT2D eigenvalue weighted by molar-refractivity contribution is 7.12. The number of halogens is 2. The zero-order valence-corrected chi connectivity index (χ0v) is 14.0. The van der Waals surface area contributed by atoms with Gasteiger partial charge < -0.3 is 4.42 Å². The molecule has 0 atom stereocenters. The lowest BCUT2D eigenvalue weighted by Crippen LogP contribution is -2.15. The van der Waals surface area contributed by atoms with Gasteiger partial charge in [0.2, 0.25) is 0 Å². The second-order valence-electron chi connectivity index (χ2n) is 4.51. The summed E-state index contributed by atoms with van der Waals surface area (Å²) in [5.74, 6) is 0.889. The number of carbonyl (C=O) groups is 1. The number of thiophene rings is 1. The maximum atomic E-state index is 11.7. The molecule has 3 aromatic rings. The lowest BCUT2D eigenvalue weighted by molar-refractivity contribution is 0.0959. The van der Waals surface area contributed by atoms with Crippen molar-refractivity contribution in [2.75, 3.05) is 0 Å². The first-order valence-electron chi connectivity index (χ1n) is 6.55. The van der Waals surface area contributed by atoms with E-state index in [0.717, 1.165) is 5.56 Å². The molecule has 7 heteroatoms. The fraction of sp³-hybridized carbons (Fsp3) is 0. The van der Waals surface area contributed by atoms with E-state index in [9.17, 15) is 4.79 Å². The van der Waals surface area contributed by atoms with Gasteiger partial charge in [0.15, 0.2) is 0 Å². The predicted octanol–water partition coefficient (Wildman–Crippen LogP) is 5.08. The van der Waals surface area contributed by atoms with Crippen LogP contribution >= 0.6 is 34.5 Å². The monoisotopic (exact) mass is 364 g/mol. The van der Waals surface area contributed by atoms with E-state index in [1.54, 1.807) is 36.4 Å². The van der Waals surface area contributed by atoms with Crippen LogP contribution in [0.1, 0.15) is 15.4 Å². The van der Waals surface area contributed by atoms with Crippen molar-refractivity contribution in [1.29, 1.82) is 0 Å². The summed E-state index contributed by atoms with van der Waals surface area (Å²) in [6.07, 6.45) is 1.44. The number of amides is 1. The number of carbonyl (C=O) groups excluding carboxylic acids is 1. The third-order valence-electron chi connectivity index (χ3n) is 2.93. The van der Waals surface area contributed by atoms with Crippen molar-refractivity contribution in [3.8, 4) is 11.3 Å². The topological polar surface area (TPSA) is 54.6 Å². The van der Waals surface area contributed by atoms with Crippen molar-refractivity contribution in [1.82, 2.24) is 5.43 Å². The maximum absolute atomic E-state index is 11.7. The van der Waals surface area contributed by atoms with Crippen molar-refractivity contribution < 1.29 is 9.21 Å². The van der Waals surface area contributed by atoms with Gasteiger partial charge in [0.25, 0.3) is 5.91 Å². The summed E-state index contributed by atoms with van der Waals surface area (Å²) in [7, 11) is 0. The Balaban J connectivity index is 1.68. The van der Waals surface area contributed by atoms with Crippen LogP contribution in [0.4, 0.5) is 0 Å². The molecule has 0 aliphatic carbocycles. The van der Waals surface area contributed by atoms with Crippen LogP contribution in [0.5, 0.6) is 0 Å². The molecule has 0 saturated heterocycles. The largest absolute Gasteiger partial charge is 0.455 e. The molecule has 1 amide bonds. The Kier molecular flexibility index (Phi) is 4.81. The van der Waals surface area contributed by atoms with Gasteiger partial charge in [0.05, 0.1) is 21.1 Å². The number of rotatable bonds is 4. The van der Waals surface area contributed by atoms with Crippen LogP contribution in [0.15, 0.2) is 57.4 Å². The number of hydrogen-bond acceptors (Lipinski definition) is 4. The molecule has 0 bridgehead atoms. The highest BCUT2D eigenvalue weighted by Crippen LogP contribution is 2.29. The number of hydrogen-bond donors (Lipinski definition) is 1. The zero-order valence-electron chi connectivity index (χ0n) is 11.6. The molecular weight excluding hydrogens is 355 g/mol. The summed E-state index contributed by atoms with van der Waals surface area (Å²) >= 11 is 13.2. The van der Waals surface area contributed by atoms with E-state index in [2.05, 4.69) is 10.5 Å². The minimum Gasteiger partial charge on any atom is -0.455 e. The maximum Gasteiger partial charge on any atom is 0.281 e.